The molecule has 1 rings (SSSR count). The van der Waals surface area contributed by atoms with E-state index in [9.17, 15) is 8.42 Å². The molecule has 90 valence electrons. The molecular formula is C12H19NO2S. The highest BCUT2D eigenvalue weighted by Gasteiger charge is 2.16. The van der Waals surface area contributed by atoms with Gasteiger partial charge >= 0.3 is 0 Å². The van der Waals surface area contributed by atoms with E-state index in [0.29, 0.717) is 17.4 Å². The van der Waals surface area contributed by atoms with E-state index >= 15 is 0 Å². The first-order valence-electron chi connectivity index (χ1n) is 5.40. The lowest BCUT2D eigenvalue weighted by atomic mass is 10.2. The molecule has 0 aliphatic carbocycles. The van der Waals surface area contributed by atoms with E-state index in [2.05, 4.69) is 4.72 Å². The highest BCUT2D eigenvalue weighted by molar-refractivity contribution is 7.89. The molecule has 0 atom stereocenters. The van der Waals surface area contributed by atoms with Crippen LogP contribution in [0, 0.1) is 19.8 Å². The SMILES string of the molecule is Cc1ccc(C)c(S(=O)(=O)NCC(C)C)c1. The Kier molecular flexibility index (Phi) is 4.10. The van der Waals surface area contributed by atoms with E-state index in [-0.39, 0.29) is 0 Å². The highest BCUT2D eigenvalue weighted by Crippen LogP contribution is 2.16. The van der Waals surface area contributed by atoms with Gasteiger partial charge in [0, 0.05) is 6.54 Å². The Labute approximate surface area is 97.9 Å². The van der Waals surface area contributed by atoms with E-state index in [0.717, 1.165) is 11.1 Å². The van der Waals surface area contributed by atoms with Crippen molar-refractivity contribution in [3.63, 3.8) is 0 Å². The van der Waals surface area contributed by atoms with E-state index < -0.39 is 10.0 Å². The molecule has 0 amide bonds. The van der Waals surface area contributed by atoms with Crippen LogP contribution in [-0.2, 0) is 10.0 Å². The molecule has 1 N–H and O–H groups in total. The summed E-state index contributed by atoms with van der Waals surface area (Å²) in [6, 6.07) is 5.45. The van der Waals surface area contributed by atoms with Crippen LogP contribution >= 0.6 is 0 Å². The molecule has 0 fully saturated rings. The lowest BCUT2D eigenvalue weighted by molar-refractivity contribution is 0.559. The van der Waals surface area contributed by atoms with Crippen LogP contribution in [0.1, 0.15) is 25.0 Å². The predicted molar refractivity (Wildman–Crippen MR) is 65.9 cm³/mol. The van der Waals surface area contributed by atoms with Crippen LogP contribution in [-0.4, -0.2) is 15.0 Å². The van der Waals surface area contributed by atoms with Gasteiger partial charge in [-0.15, -0.1) is 0 Å². The molecule has 0 aromatic heterocycles. The fraction of sp³-hybridized carbons (Fsp3) is 0.500. The molecule has 1 aromatic carbocycles. The number of sulfonamides is 1. The average Bonchev–Trinajstić information content (AvgIpc) is 2.19. The minimum absolute atomic E-state index is 0.305. The number of hydrogen-bond acceptors (Lipinski definition) is 2. The molecular weight excluding hydrogens is 222 g/mol. The van der Waals surface area contributed by atoms with E-state index in [1.54, 1.807) is 6.07 Å². The summed E-state index contributed by atoms with van der Waals surface area (Å²) in [5.41, 5.74) is 1.73. The van der Waals surface area contributed by atoms with Crippen LogP contribution in [0.5, 0.6) is 0 Å². The Bertz CT molecular complexity index is 464. The number of nitrogens with one attached hydrogen (secondary N) is 1. The molecule has 0 spiro atoms. The van der Waals surface area contributed by atoms with Crippen LogP contribution in [0.25, 0.3) is 0 Å². The third-order valence-electron chi connectivity index (χ3n) is 2.31. The van der Waals surface area contributed by atoms with E-state index in [4.69, 9.17) is 0 Å². The first kappa shape index (κ1) is 13.2. The van der Waals surface area contributed by atoms with Gasteiger partial charge in [-0.1, -0.05) is 26.0 Å². The van der Waals surface area contributed by atoms with Crippen LogP contribution < -0.4 is 4.72 Å². The van der Waals surface area contributed by atoms with Gasteiger partial charge in [-0.3, -0.25) is 0 Å². The highest BCUT2D eigenvalue weighted by atomic mass is 32.2. The van der Waals surface area contributed by atoms with Gasteiger partial charge in [0.2, 0.25) is 10.0 Å². The fourth-order valence-corrected chi connectivity index (χ4v) is 2.89. The summed E-state index contributed by atoms with van der Waals surface area (Å²) in [4.78, 5) is 0.383. The van der Waals surface area contributed by atoms with Gasteiger partial charge in [-0.2, -0.15) is 0 Å². The third-order valence-corrected chi connectivity index (χ3v) is 3.88. The number of rotatable bonds is 4. The van der Waals surface area contributed by atoms with E-state index in [1.807, 2.05) is 39.8 Å². The van der Waals surface area contributed by atoms with Crippen LogP contribution in [0.15, 0.2) is 23.1 Å². The van der Waals surface area contributed by atoms with Gasteiger partial charge in [0.1, 0.15) is 0 Å². The second kappa shape index (κ2) is 4.97. The van der Waals surface area contributed by atoms with Crippen LogP contribution in [0.2, 0.25) is 0 Å². The molecule has 0 saturated heterocycles. The quantitative estimate of drug-likeness (QED) is 0.878. The second-order valence-corrected chi connectivity index (χ2v) is 6.25. The first-order valence-corrected chi connectivity index (χ1v) is 6.88. The minimum atomic E-state index is -3.36. The first-order chi connectivity index (χ1) is 7.33. The van der Waals surface area contributed by atoms with Gasteiger partial charge in [0.15, 0.2) is 0 Å². The number of benzene rings is 1. The largest absolute Gasteiger partial charge is 0.240 e. The van der Waals surface area contributed by atoms with Crippen molar-refractivity contribution in [2.24, 2.45) is 5.92 Å². The summed E-state index contributed by atoms with van der Waals surface area (Å²) >= 11 is 0. The van der Waals surface area contributed by atoms with Gasteiger partial charge in [0.25, 0.3) is 0 Å². The molecule has 1 aromatic rings. The maximum absolute atomic E-state index is 12.0. The maximum atomic E-state index is 12.0. The lowest BCUT2D eigenvalue weighted by Gasteiger charge is -2.11. The topological polar surface area (TPSA) is 46.2 Å². The summed E-state index contributed by atoms with van der Waals surface area (Å²) in [6.45, 7) is 8.12. The van der Waals surface area contributed by atoms with Crippen molar-refractivity contribution in [1.29, 1.82) is 0 Å². The van der Waals surface area contributed by atoms with Gasteiger partial charge in [-0.25, -0.2) is 13.1 Å². The Morgan fingerprint density at radius 2 is 1.88 bits per heavy atom. The Morgan fingerprint density at radius 1 is 1.25 bits per heavy atom. The second-order valence-electron chi connectivity index (χ2n) is 4.51. The number of hydrogen-bond donors (Lipinski definition) is 1. The molecule has 16 heavy (non-hydrogen) atoms. The van der Waals surface area contributed by atoms with Crippen molar-refractivity contribution in [3.05, 3.63) is 29.3 Å². The molecule has 0 aliphatic rings. The smallest absolute Gasteiger partial charge is 0.211 e. The zero-order valence-electron chi connectivity index (χ0n) is 10.2. The van der Waals surface area contributed by atoms with Crippen molar-refractivity contribution in [2.75, 3.05) is 6.54 Å². The van der Waals surface area contributed by atoms with Crippen molar-refractivity contribution >= 4 is 10.0 Å². The van der Waals surface area contributed by atoms with Gasteiger partial charge in [0.05, 0.1) is 4.90 Å². The summed E-state index contributed by atoms with van der Waals surface area (Å²) in [5.74, 6) is 0.305. The van der Waals surface area contributed by atoms with Crippen LogP contribution in [0.4, 0.5) is 0 Å². The number of aryl methyl sites for hydroxylation is 2. The van der Waals surface area contributed by atoms with Gasteiger partial charge in [-0.05, 0) is 37.0 Å². The summed E-state index contributed by atoms with van der Waals surface area (Å²) < 4.78 is 26.6. The summed E-state index contributed by atoms with van der Waals surface area (Å²) in [7, 11) is -3.36. The predicted octanol–water partition coefficient (Wildman–Crippen LogP) is 2.24. The molecule has 4 heteroatoms. The molecule has 0 radical (unpaired) electrons. The Morgan fingerprint density at radius 3 is 2.44 bits per heavy atom. The van der Waals surface area contributed by atoms with Crippen molar-refractivity contribution < 1.29 is 8.42 Å². The van der Waals surface area contributed by atoms with Crippen molar-refractivity contribution in [1.82, 2.24) is 4.72 Å². The summed E-state index contributed by atoms with van der Waals surface area (Å²) in [5, 5.41) is 0. The molecule has 0 saturated carbocycles. The monoisotopic (exact) mass is 241 g/mol. The molecule has 0 aliphatic heterocycles. The average molecular weight is 241 g/mol. The van der Waals surface area contributed by atoms with Gasteiger partial charge < -0.3 is 0 Å². The van der Waals surface area contributed by atoms with Crippen molar-refractivity contribution in [2.45, 2.75) is 32.6 Å². The molecule has 0 heterocycles. The minimum Gasteiger partial charge on any atom is -0.211 e. The standard InChI is InChI=1S/C12H19NO2S/c1-9(2)8-13-16(14,15)12-7-10(3)5-6-11(12)4/h5-7,9,13H,8H2,1-4H3. The zero-order chi connectivity index (χ0) is 12.3. The molecule has 3 nitrogen and oxygen atoms in total. The fourth-order valence-electron chi connectivity index (χ4n) is 1.35. The third kappa shape index (κ3) is 3.32. The maximum Gasteiger partial charge on any atom is 0.240 e. The van der Waals surface area contributed by atoms with Crippen molar-refractivity contribution in [3.8, 4) is 0 Å². The summed E-state index contributed by atoms with van der Waals surface area (Å²) in [6.07, 6.45) is 0. The van der Waals surface area contributed by atoms with Crippen LogP contribution in [0.3, 0.4) is 0 Å². The normalized spacial score (nSPS) is 12.1. The molecule has 0 bridgehead atoms. The lowest BCUT2D eigenvalue weighted by Crippen LogP contribution is -2.28. The Hall–Kier alpha value is -0.870. The van der Waals surface area contributed by atoms with E-state index in [1.165, 1.54) is 0 Å². The zero-order valence-corrected chi connectivity index (χ0v) is 11.1. The Balaban J connectivity index is 3.02. The molecule has 0 unspecified atom stereocenters.